The third-order valence-electron chi connectivity index (χ3n) is 3.29. The Hall–Kier alpha value is -0.730. The van der Waals surface area contributed by atoms with Crippen molar-refractivity contribution >= 4 is 11.6 Å². The molecule has 0 radical (unpaired) electrons. The zero-order valence-corrected chi connectivity index (χ0v) is 10.4. The Labute approximate surface area is 102 Å². The summed E-state index contributed by atoms with van der Waals surface area (Å²) in [5.74, 6) is 1.03. The van der Waals surface area contributed by atoms with Crippen LogP contribution in [0.2, 0.25) is 5.02 Å². The number of piperidine rings is 1. The highest BCUT2D eigenvalue weighted by Gasteiger charge is 2.15. The maximum absolute atomic E-state index is 9.34. The largest absolute Gasteiger partial charge is 0.506 e. The van der Waals surface area contributed by atoms with Crippen molar-refractivity contribution in [2.75, 3.05) is 13.1 Å². The van der Waals surface area contributed by atoms with Gasteiger partial charge in [0.05, 0.1) is 5.02 Å². The first kappa shape index (κ1) is 11.7. The summed E-state index contributed by atoms with van der Waals surface area (Å²) < 4.78 is 0. The van der Waals surface area contributed by atoms with Crippen molar-refractivity contribution in [3.8, 4) is 5.75 Å². The average molecular weight is 240 g/mol. The molecular formula is C13H18ClNO. The van der Waals surface area contributed by atoms with Crippen LogP contribution in [0, 0.1) is 5.92 Å². The molecule has 0 aliphatic carbocycles. The van der Waals surface area contributed by atoms with Crippen molar-refractivity contribution < 1.29 is 5.11 Å². The molecule has 0 bridgehead atoms. The Morgan fingerprint density at radius 3 is 2.69 bits per heavy atom. The standard InChI is InChI=1S/C13H18ClNO/c1-10-4-6-15(7-5-10)9-11-2-3-13(16)12(14)8-11/h2-3,8,10,16H,4-7,9H2,1H3. The Balaban J connectivity index is 1.96. The third kappa shape index (κ3) is 2.89. The SMILES string of the molecule is CC1CCN(Cc2ccc(O)c(Cl)c2)CC1. The quantitative estimate of drug-likeness (QED) is 0.856. The van der Waals surface area contributed by atoms with E-state index < -0.39 is 0 Å². The number of hydrogen-bond donors (Lipinski definition) is 1. The molecule has 1 saturated heterocycles. The zero-order valence-electron chi connectivity index (χ0n) is 9.62. The van der Waals surface area contributed by atoms with Gasteiger partial charge in [0.1, 0.15) is 5.75 Å². The lowest BCUT2D eigenvalue weighted by molar-refractivity contribution is 0.185. The van der Waals surface area contributed by atoms with Gasteiger partial charge in [-0.15, -0.1) is 0 Å². The van der Waals surface area contributed by atoms with Crippen LogP contribution in [0.25, 0.3) is 0 Å². The second-order valence-corrected chi connectivity index (χ2v) is 5.15. The van der Waals surface area contributed by atoms with Crippen LogP contribution in [0.4, 0.5) is 0 Å². The van der Waals surface area contributed by atoms with E-state index >= 15 is 0 Å². The van der Waals surface area contributed by atoms with Crippen LogP contribution in [-0.2, 0) is 6.54 Å². The average Bonchev–Trinajstić information content (AvgIpc) is 2.27. The number of likely N-dealkylation sites (tertiary alicyclic amines) is 1. The highest BCUT2D eigenvalue weighted by Crippen LogP contribution is 2.25. The van der Waals surface area contributed by atoms with E-state index in [0.717, 1.165) is 12.5 Å². The summed E-state index contributed by atoms with van der Waals surface area (Å²) in [5.41, 5.74) is 1.18. The van der Waals surface area contributed by atoms with Gasteiger partial charge in [-0.25, -0.2) is 0 Å². The van der Waals surface area contributed by atoms with Gasteiger partial charge in [0.15, 0.2) is 0 Å². The van der Waals surface area contributed by atoms with Gasteiger partial charge in [0.25, 0.3) is 0 Å². The molecule has 1 aromatic carbocycles. The molecule has 1 fully saturated rings. The minimum Gasteiger partial charge on any atom is -0.506 e. The van der Waals surface area contributed by atoms with Crippen LogP contribution < -0.4 is 0 Å². The monoisotopic (exact) mass is 239 g/mol. The number of nitrogens with zero attached hydrogens (tertiary/aromatic N) is 1. The smallest absolute Gasteiger partial charge is 0.134 e. The van der Waals surface area contributed by atoms with Crippen LogP contribution in [0.5, 0.6) is 5.75 Å². The molecule has 0 atom stereocenters. The first-order chi connectivity index (χ1) is 7.65. The number of phenols is 1. The van der Waals surface area contributed by atoms with Crippen molar-refractivity contribution in [3.63, 3.8) is 0 Å². The predicted octanol–water partition coefficient (Wildman–Crippen LogP) is 3.28. The van der Waals surface area contributed by atoms with Gasteiger partial charge < -0.3 is 5.11 Å². The summed E-state index contributed by atoms with van der Waals surface area (Å²) in [7, 11) is 0. The normalized spacial score (nSPS) is 18.9. The van der Waals surface area contributed by atoms with E-state index in [1.54, 1.807) is 6.07 Å². The molecule has 3 heteroatoms. The number of rotatable bonds is 2. The predicted molar refractivity (Wildman–Crippen MR) is 66.8 cm³/mol. The molecule has 1 heterocycles. The minimum atomic E-state index is 0.165. The minimum absolute atomic E-state index is 0.165. The lowest BCUT2D eigenvalue weighted by Gasteiger charge is -2.30. The van der Waals surface area contributed by atoms with Crippen molar-refractivity contribution in [1.29, 1.82) is 0 Å². The van der Waals surface area contributed by atoms with E-state index in [0.29, 0.717) is 5.02 Å². The van der Waals surface area contributed by atoms with E-state index in [-0.39, 0.29) is 5.75 Å². The Bertz CT molecular complexity index is 359. The van der Waals surface area contributed by atoms with Gasteiger partial charge in [-0.05, 0) is 49.5 Å². The van der Waals surface area contributed by atoms with E-state index in [2.05, 4.69) is 11.8 Å². The highest BCUT2D eigenvalue weighted by atomic mass is 35.5. The fraction of sp³-hybridized carbons (Fsp3) is 0.538. The molecule has 16 heavy (non-hydrogen) atoms. The summed E-state index contributed by atoms with van der Waals surface area (Å²) in [6.07, 6.45) is 2.57. The zero-order chi connectivity index (χ0) is 11.5. The van der Waals surface area contributed by atoms with Gasteiger partial charge >= 0.3 is 0 Å². The van der Waals surface area contributed by atoms with Gasteiger partial charge in [-0.3, -0.25) is 4.90 Å². The number of halogens is 1. The van der Waals surface area contributed by atoms with Crippen molar-refractivity contribution in [1.82, 2.24) is 4.90 Å². The van der Waals surface area contributed by atoms with Crippen LogP contribution >= 0.6 is 11.6 Å². The molecule has 0 amide bonds. The summed E-state index contributed by atoms with van der Waals surface area (Å²) in [6, 6.07) is 5.47. The lowest BCUT2D eigenvalue weighted by Crippen LogP contribution is -2.32. The maximum atomic E-state index is 9.34. The molecule has 0 aromatic heterocycles. The van der Waals surface area contributed by atoms with E-state index in [4.69, 9.17) is 11.6 Å². The van der Waals surface area contributed by atoms with E-state index in [9.17, 15) is 5.11 Å². The van der Waals surface area contributed by atoms with Gasteiger partial charge in [0.2, 0.25) is 0 Å². The van der Waals surface area contributed by atoms with Crippen molar-refractivity contribution in [2.24, 2.45) is 5.92 Å². The summed E-state index contributed by atoms with van der Waals surface area (Å²) in [4.78, 5) is 2.45. The molecule has 1 N–H and O–H groups in total. The van der Waals surface area contributed by atoms with E-state index in [1.807, 2.05) is 12.1 Å². The van der Waals surface area contributed by atoms with Crippen LogP contribution in [0.1, 0.15) is 25.3 Å². The number of benzene rings is 1. The van der Waals surface area contributed by atoms with Crippen molar-refractivity contribution in [3.05, 3.63) is 28.8 Å². The first-order valence-electron chi connectivity index (χ1n) is 5.85. The summed E-state index contributed by atoms with van der Waals surface area (Å²) in [6.45, 7) is 5.58. The fourth-order valence-corrected chi connectivity index (χ4v) is 2.33. The van der Waals surface area contributed by atoms with E-state index in [1.165, 1.54) is 31.5 Å². The molecule has 88 valence electrons. The number of phenolic OH excluding ortho intramolecular Hbond substituents is 1. The molecule has 2 nitrogen and oxygen atoms in total. The number of hydrogen-bond acceptors (Lipinski definition) is 2. The second-order valence-electron chi connectivity index (χ2n) is 4.74. The Morgan fingerprint density at radius 2 is 2.06 bits per heavy atom. The van der Waals surface area contributed by atoms with Gasteiger partial charge in [-0.1, -0.05) is 24.6 Å². The number of aromatic hydroxyl groups is 1. The summed E-state index contributed by atoms with van der Waals surface area (Å²) in [5, 5.41) is 9.79. The fourth-order valence-electron chi connectivity index (χ4n) is 2.13. The third-order valence-corrected chi connectivity index (χ3v) is 3.60. The lowest BCUT2D eigenvalue weighted by atomic mass is 9.99. The second kappa shape index (κ2) is 5.07. The molecular weight excluding hydrogens is 222 g/mol. The molecule has 2 rings (SSSR count). The molecule has 1 aromatic rings. The Morgan fingerprint density at radius 1 is 1.38 bits per heavy atom. The first-order valence-corrected chi connectivity index (χ1v) is 6.22. The van der Waals surface area contributed by atoms with Crippen LogP contribution in [-0.4, -0.2) is 23.1 Å². The van der Waals surface area contributed by atoms with Crippen LogP contribution in [0.15, 0.2) is 18.2 Å². The molecule has 1 aliphatic rings. The summed E-state index contributed by atoms with van der Waals surface area (Å²) >= 11 is 5.89. The molecule has 1 aliphatic heterocycles. The molecule has 0 spiro atoms. The van der Waals surface area contributed by atoms with Crippen molar-refractivity contribution in [2.45, 2.75) is 26.3 Å². The van der Waals surface area contributed by atoms with Gasteiger partial charge in [-0.2, -0.15) is 0 Å². The topological polar surface area (TPSA) is 23.5 Å². The van der Waals surface area contributed by atoms with Gasteiger partial charge in [0, 0.05) is 6.54 Å². The molecule has 0 saturated carbocycles. The molecule has 0 unspecified atom stereocenters. The highest BCUT2D eigenvalue weighted by molar-refractivity contribution is 6.32. The maximum Gasteiger partial charge on any atom is 0.134 e. The van der Waals surface area contributed by atoms with Crippen LogP contribution in [0.3, 0.4) is 0 Å². The Kier molecular flexibility index (Phi) is 3.72.